The Hall–Kier alpha value is -1.92. The predicted octanol–water partition coefficient (Wildman–Crippen LogP) is 2.21. The van der Waals surface area contributed by atoms with E-state index >= 15 is 0 Å². The molecular weight excluding hydrogens is 305 g/mol. The lowest BCUT2D eigenvalue weighted by atomic mass is 10.0. The molecule has 0 unspecified atom stereocenters. The molecule has 1 aliphatic heterocycles. The number of ether oxygens (including phenoxy) is 1. The van der Waals surface area contributed by atoms with Crippen molar-refractivity contribution in [1.29, 1.82) is 0 Å². The van der Waals surface area contributed by atoms with Crippen molar-refractivity contribution in [3.8, 4) is 5.75 Å². The van der Waals surface area contributed by atoms with Gasteiger partial charge >= 0.3 is 0 Å². The molecule has 116 valence electrons. The molecule has 2 N–H and O–H groups in total. The van der Waals surface area contributed by atoms with Gasteiger partial charge in [-0.15, -0.1) is 11.3 Å². The van der Waals surface area contributed by atoms with E-state index in [-0.39, 0.29) is 18.3 Å². The topological polar surface area (TPSA) is 58.6 Å². The molecular formula is C16H16FNO3S. The summed E-state index contributed by atoms with van der Waals surface area (Å²) in [6.07, 6.45) is -0.351. The minimum Gasteiger partial charge on any atom is -0.480 e. The van der Waals surface area contributed by atoms with Gasteiger partial charge in [0.25, 0.3) is 5.91 Å². The van der Waals surface area contributed by atoms with E-state index < -0.39 is 11.7 Å². The summed E-state index contributed by atoms with van der Waals surface area (Å²) in [7, 11) is 0. The van der Waals surface area contributed by atoms with Crippen LogP contribution in [0.15, 0.2) is 35.7 Å². The highest BCUT2D eigenvalue weighted by Crippen LogP contribution is 2.29. The van der Waals surface area contributed by atoms with Crippen molar-refractivity contribution in [1.82, 2.24) is 5.32 Å². The van der Waals surface area contributed by atoms with Gasteiger partial charge in [0, 0.05) is 16.9 Å². The Kier molecular flexibility index (Phi) is 3.88. The first-order chi connectivity index (χ1) is 10.5. The summed E-state index contributed by atoms with van der Waals surface area (Å²) >= 11 is 1.43. The van der Waals surface area contributed by atoms with Crippen molar-refractivity contribution >= 4 is 17.2 Å². The van der Waals surface area contributed by atoms with Crippen LogP contribution in [0.3, 0.4) is 0 Å². The van der Waals surface area contributed by atoms with E-state index in [0.717, 1.165) is 4.88 Å². The van der Waals surface area contributed by atoms with Gasteiger partial charge in [-0.05, 0) is 36.6 Å². The van der Waals surface area contributed by atoms with Crippen LogP contribution in [0.1, 0.15) is 17.4 Å². The van der Waals surface area contributed by atoms with Gasteiger partial charge in [0.1, 0.15) is 17.2 Å². The fourth-order valence-corrected chi connectivity index (χ4v) is 3.20. The molecule has 0 bridgehead atoms. The van der Waals surface area contributed by atoms with E-state index in [2.05, 4.69) is 5.32 Å². The van der Waals surface area contributed by atoms with Crippen LogP contribution in [0.25, 0.3) is 0 Å². The van der Waals surface area contributed by atoms with Crippen molar-refractivity contribution in [3.05, 3.63) is 52.0 Å². The van der Waals surface area contributed by atoms with Crippen molar-refractivity contribution in [2.24, 2.45) is 0 Å². The third kappa shape index (κ3) is 2.98. The van der Waals surface area contributed by atoms with E-state index in [9.17, 15) is 14.3 Å². The summed E-state index contributed by atoms with van der Waals surface area (Å²) in [6, 6.07) is 7.88. The molecule has 1 amide bonds. The smallest absolute Gasteiger partial charge is 0.261 e. The fourth-order valence-electron chi connectivity index (χ4n) is 2.41. The first kappa shape index (κ1) is 15.0. The van der Waals surface area contributed by atoms with Crippen LogP contribution < -0.4 is 10.1 Å². The van der Waals surface area contributed by atoms with Gasteiger partial charge in [-0.25, -0.2) is 4.39 Å². The van der Waals surface area contributed by atoms with Crippen molar-refractivity contribution in [2.45, 2.75) is 25.0 Å². The average Bonchev–Trinajstić information content (AvgIpc) is 3.13. The highest BCUT2D eigenvalue weighted by molar-refractivity contribution is 7.10. The molecule has 4 nitrogen and oxygen atoms in total. The van der Waals surface area contributed by atoms with Gasteiger partial charge in [-0.2, -0.15) is 0 Å². The first-order valence-electron chi connectivity index (χ1n) is 6.95. The first-order valence-corrected chi connectivity index (χ1v) is 7.83. The van der Waals surface area contributed by atoms with Crippen LogP contribution in [-0.2, 0) is 16.8 Å². The summed E-state index contributed by atoms with van der Waals surface area (Å²) in [4.78, 5) is 13.0. The number of benzene rings is 1. The number of thiophene rings is 1. The number of aliphatic hydroxyl groups is 1. The highest BCUT2D eigenvalue weighted by atomic mass is 32.1. The molecule has 0 fully saturated rings. The van der Waals surface area contributed by atoms with Crippen LogP contribution in [-0.4, -0.2) is 23.7 Å². The quantitative estimate of drug-likeness (QED) is 0.908. The van der Waals surface area contributed by atoms with Crippen molar-refractivity contribution < 1.29 is 19.0 Å². The number of halogens is 1. The molecule has 6 heteroatoms. The molecule has 0 radical (unpaired) electrons. The molecule has 0 spiro atoms. The number of hydrogen-bond acceptors (Lipinski definition) is 4. The summed E-state index contributed by atoms with van der Waals surface area (Å²) in [6.45, 7) is 1.75. The van der Waals surface area contributed by atoms with Crippen molar-refractivity contribution in [3.63, 3.8) is 0 Å². The second-order valence-electron chi connectivity index (χ2n) is 5.53. The molecule has 2 atom stereocenters. The minimum atomic E-state index is -1.12. The SMILES string of the molecule is C[C@](O)(CNC(=O)[C@@H]1Cc2cc(F)ccc2O1)c1cccs1. The monoisotopic (exact) mass is 321 g/mol. The number of carbonyl (C=O) groups is 1. The summed E-state index contributed by atoms with van der Waals surface area (Å²) < 4.78 is 18.7. The highest BCUT2D eigenvalue weighted by Gasteiger charge is 2.31. The van der Waals surface area contributed by atoms with Gasteiger partial charge in [0.15, 0.2) is 6.10 Å². The lowest BCUT2D eigenvalue weighted by molar-refractivity contribution is -0.128. The Labute approximate surface area is 131 Å². The summed E-state index contributed by atoms with van der Waals surface area (Å²) in [5, 5.41) is 15.0. The van der Waals surface area contributed by atoms with Crippen LogP contribution in [0.2, 0.25) is 0 Å². The minimum absolute atomic E-state index is 0.0942. The largest absolute Gasteiger partial charge is 0.480 e. The van der Waals surface area contributed by atoms with Crippen LogP contribution in [0.5, 0.6) is 5.75 Å². The average molecular weight is 321 g/mol. The van der Waals surface area contributed by atoms with Crippen LogP contribution >= 0.6 is 11.3 Å². The number of nitrogens with one attached hydrogen (secondary N) is 1. The molecule has 3 rings (SSSR count). The van der Waals surface area contributed by atoms with E-state index in [4.69, 9.17) is 4.74 Å². The number of rotatable bonds is 4. The Morgan fingerprint density at radius 2 is 2.36 bits per heavy atom. The Bertz CT molecular complexity index is 685. The van der Waals surface area contributed by atoms with E-state index in [1.54, 1.807) is 6.92 Å². The maximum absolute atomic E-state index is 13.2. The zero-order valence-electron chi connectivity index (χ0n) is 12.0. The van der Waals surface area contributed by atoms with Gasteiger partial charge in [-0.3, -0.25) is 4.79 Å². The van der Waals surface area contributed by atoms with E-state index in [1.165, 1.54) is 29.5 Å². The zero-order valence-corrected chi connectivity index (χ0v) is 12.8. The Morgan fingerprint density at radius 1 is 1.55 bits per heavy atom. The van der Waals surface area contributed by atoms with Gasteiger partial charge in [-0.1, -0.05) is 6.07 Å². The predicted molar refractivity (Wildman–Crippen MR) is 81.4 cm³/mol. The lowest BCUT2D eigenvalue weighted by Crippen LogP contribution is -2.44. The standard InChI is InChI=1S/C16H16FNO3S/c1-16(20,14-3-2-6-22-14)9-18-15(19)13-8-10-7-11(17)4-5-12(10)21-13/h2-7,13,20H,8-9H2,1H3,(H,18,19)/t13-,16-/m0/s1. The van der Waals surface area contributed by atoms with E-state index in [0.29, 0.717) is 17.7 Å². The number of hydrogen-bond donors (Lipinski definition) is 2. The maximum Gasteiger partial charge on any atom is 0.261 e. The second kappa shape index (κ2) is 5.70. The molecule has 0 saturated carbocycles. The fraction of sp³-hybridized carbons (Fsp3) is 0.312. The summed E-state index contributed by atoms with van der Waals surface area (Å²) in [5.74, 6) is -0.121. The number of amides is 1. The molecule has 1 aromatic carbocycles. The molecule has 2 aromatic rings. The molecule has 22 heavy (non-hydrogen) atoms. The summed E-state index contributed by atoms with van der Waals surface area (Å²) in [5.41, 5.74) is -0.438. The third-order valence-corrected chi connectivity index (χ3v) is 4.77. The lowest BCUT2D eigenvalue weighted by Gasteiger charge is -2.23. The van der Waals surface area contributed by atoms with Crippen molar-refractivity contribution in [2.75, 3.05) is 6.54 Å². The second-order valence-corrected chi connectivity index (χ2v) is 6.48. The molecule has 2 heterocycles. The molecule has 1 aliphatic rings. The molecule has 1 aromatic heterocycles. The van der Waals surface area contributed by atoms with Crippen LogP contribution in [0.4, 0.5) is 4.39 Å². The third-order valence-electron chi connectivity index (χ3n) is 3.65. The number of carbonyl (C=O) groups excluding carboxylic acids is 1. The maximum atomic E-state index is 13.2. The zero-order chi connectivity index (χ0) is 15.7. The molecule has 0 aliphatic carbocycles. The van der Waals surface area contributed by atoms with E-state index in [1.807, 2.05) is 17.5 Å². The van der Waals surface area contributed by atoms with Gasteiger partial charge in [0.05, 0.1) is 6.54 Å². The van der Waals surface area contributed by atoms with Gasteiger partial charge in [0.2, 0.25) is 0 Å². The number of fused-ring (bicyclic) bond motifs is 1. The Morgan fingerprint density at radius 3 is 3.09 bits per heavy atom. The van der Waals surface area contributed by atoms with Gasteiger partial charge < -0.3 is 15.2 Å². The normalized spacial score (nSPS) is 19.1. The molecule has 0 saturated heterocycles. The Balaban J connectivity index is 1.60. The van der Waals surface area contributed by atoms with Crippen LogP contribution in [0, 0.1) is 5.82 Å².